The van der Waals surface area contributed by atoms with E-state index in [2.05, 4.69) is 9.39 Å². The molecule has 1 heterocycles. The maximum Gasteiger partial charge on any atom is 0.0821 e. The Kier molecular flexibility index (Phi) is 2.42. The summed E-state index contributed by atoms with van der Waals surface area (Å²) in [6.45, 7) is 1.66. The molecule has 1 aliphatic rings. The van der Waals surface area contributed by atoms with Crippen molar-refractivity contribution in [2.45, 2.75) is 18.6 Å². The fraction of sp³-hybridized carbons (Fsp3) is 1.00. The number of rotatable bonds is 0. The van der Waals surface area contributed by atoms with Crippen molar-refractivity contribution >= 4 is 9.39 Å². The average Bonchev–Trinajstić information content (AvgIpc) is 1.80. The number of β-amino-alcohol motifs (C(OH)–C–C–N with tert-alkyl or cyclic N) is 1. The van der Waals surface area contributed by atoms with Gasteiger partial charge in [0.15, 0.2) is 0 Å². The van der Waals surface area contributed by atoms with Gasteiger partial charge in [-0.3, -0.25) is 4.67 Å². The molecule has 0 spiro atoms. The number of nitrogens with zero attached hydrogens (tertiary/aromatic N) is 1. The third kappa shape index (κ3) is 1.87. The minimum atomic E-state index is -0.337. The Bertz CT molecular complexity index is 101. The van der Waals surface area contributed by atoms with E-state index in [1.165, 1.54) is 0 Å². The van der Waals surface area contributed by atoms with Crippen LogP contribution >= 0.6 is 9.39 Å². The van der Waals surface area contributed by atoms with Crippen LogP contribution in [-0.2, 0) is 0 Å². The number of hydrogen-bond donors (Lipinski definition) is 2. The molecule has 0 aromatic carbocycles. The Hall–Kier alpha value is 0.310. The van der Waals surface area contributed by atoms with E-state index in [0.717, 1.165) is 13.0 Å². The van der Waals surface area contributed by atoms with Crippen molar-refractivity contribution in [1.29, 1.82) is 0 Å². The van der Waals surface area contributed by atoms with Gasteiger partial charge in [-0.1, -0.05) is 9.39 Å². The quantitative estimate of drug-likeness (QED) is 0.441. The smallest absolute Gasteiger partial charge is 0.0821 e. The first-order valence-electron chi connectivity index (χ1n) is 3.13. The monoisotopic (exact) mass is 148 g/mol. The molecule has 1 rings (SSSR count). The zero-order chi connectivity index (χ0) is 6.85. The highest BCUT2D eigenvalue weighted by Gasteiger charge is 2.21. The van der Waals surface area contributed by atoms with Gasteiger partial charge in [0.05, 0.1) is 6.10 Å². The Morgan fingerprint density at radius 1 is 1.67 bits per heavy atom. The van der Waals surface area contributed by atoms with Crippen LogP contribution in [0.3, 0.4) is 0 Å². The first kappa shape index (κ1) is 7.42. The van der Waals surface area contributed by atoms with E-state index in [1.807, 2.05) is 4.67 Å². The minimum Gasteiger partial charge on any atom is -0.390 e. The molecule has 1 aliphatic heterocycles. The Morgan fingerprint density at radius 2 is 2.33 bits per heavy atom. The molecule has 0 radical (unpaired) electrons. The highest BCUT2D eigenvalue weighted by molar-refractivity contribution is 7.13. The normalized spacial score (nSPS) is 39.0. The molecule has 0 bridgehead atoms. The second kappa shape index (κ2) is 2.93. The Labute approximate surface area is 57.5 Å². The molecule has 0 aliphatic carbocycles. The van der Waals surface area contributed by atoms with Crippen LogP contribution in [0.25, 0.3) is 0 Å². The molecule has 1 fully saturated rings. The van der Waals surface area contributed by atoms with Gasteiger partial charge < -0.3 is 10.8 Å². The minimum absolute atomic E-state index is 0.0122. The lowest BCUT2D eigenvalue weighted by Gasteiger charge is -2.30. The fourth-order valence-corrected chi connectivity index (χ4v) is 1.34. The molecule has 0 saturated carbocycles. The third-order valence-electron chi connectivity index (χ3n) is 1.67. The molecule has 4 heteroatoms. The Balaban J connectivity index is 2.35. The number of nitrogens with two attached hydrogens (primary N) is 1. The maximum atomic E-state index is 9.17. The van der Waals surface area contributed by atoms with Gasteiger partial charge in [0.25, 0.3) is 0 Å². The number of hydrogen-bond acceptors (Lipinski definition) is 3. The topological polar surface area (TPSA) is 49.5 Å². The SMILES string of the molecule is NC1CCN(P)CC1O. The van der Waals surface area contributed by atoms with Gasteiger partial charge in [-0.05, 0) is 6.42 Å². The van der Waals surface area contributed by atoms with Crippen molar-refractivity contribution in [3.05, 3.63) is 0 Å². The van der Waals surface area contributed by atoms with E-state index in [4.69, 9.17) is 10.8 Å². The molecule has 3 nitrogen and oxygen atoms in total. The zero-order valence-electron chi connectivity index (χ0n) is 5.33. The van der Waals surface area contributed by atoms with Crippen LogP contribution in [0, 0.1) is 0 Å². The van der Waals surface area contributed by atoms with Crippen LogP contribution in [0.2, 0.25) is 0 Å². The van der Waals surface area contributed by atoms with Gasteiger partial charge in [-0.2, -0.15) is 0 Å². The van der Waals surface area contributed by atoms with Gasteiger partial charge in [-0.15, -0.1) is 0 Å². The second-order valence-corrected chi connectivity index (χ2v) is 3.25. The molecular formula is C5H13N2OP. The van der Waals surface area contributed by atoms with E-state index in [0.29, 0.717) is 6.54 Å². The summed E-state index contributed by atoms with van der Waals surface area (Å²) >= 11 is 0. The molecule has 54 valence electrons. The van der Waals surface area contributed by atoms with Crippen LogP contribution in [0.1, 0.15) is 6.42 Å². The van der Waals surface area contributed by atoms with Crippen LogP contribution in [-0.4, -0.2) is 35.0 Å². The van der Waals surface area contributed by atoms with Crippen molar-refractivity contribution < 1.29 is 5.11 Å². The molecule has 3 N–H and O–H groups in total. The summed E-state index contributed by atoms with van der Waals surface area (Å²) < 4.78 is 2.01. The first-order chi connectivity index (χ1) is 4.20. The van der Waals surface area contributed by atoms with Gasteiger partial charge >= 0.3 is 0 Å². The predicted octanol–water partition coefficient (Wildman–Crippen LogP) is -0.830. The van der Waals surface area contributed by atoms with E-state index in [9.17, 15) is 0 Å². The van der Waals surface area contributed by atoms with E-state index < -0.39 is 0 Å². The number of aliphatic hydroxyl groups is 1. The van der Waals surface area contributed by atoms with Gasteiger partial charge in [0.2, 0.25) is 0 Å². The van der Waals surface area contributed by atoms with Crippen LogP contribution in [0.4, 0.5) is 0 Å². The maximum absolute atomic E-state index is 9.17. The molecule has 9 heavy (non-hydrogen) atoms. The highest BCUT2D eigenvalue weighted by atomic mass is 31.0. The first-order valence-corrected chi connectivity index (χ1v) is 3.65. The molecule has 0 aromatic heterocycles. The molecule has 0 amide bonds. The zero-order valence-corrected chi connectivity index (χ0v) is 6.48. The van der Waals surface area contributed by atoms with Gasteiger partial charge in [0.1, 0.15) is 0 Å². The van der Waals surface area contributed by atoms with E-state index >= 15 is 0 Å². The lowest BCUT2D eigenvalue weighted by Crippen LogP contribution is -2.47. The summed E-state index contributed by atoms with van der Waals surface area (Å²) in [6, 6.07) is -0.0122. The lowest BCUT2D eigenvalue weighted by atomic mass is 10.1. The van der Waals surface area contributed by atoms with Crippen molar-refractivity contribution in [2.24, 2.45) is 5.73 Å². The van der Waals surface area contributed by atoms with Crippen molar-refractivity contribution in [2.75, 3.05) is 13.1 Å². The summed E-state index contributed by atoms with van der Waals surface area (Å²) in [5, 5.41) is 9.17. The molecule has 3 unspecified atom stereocenters. The summed E-state index contributed by atoms with van der Waals surface area (Å²) in [6.07, 6.45) is 0.557. The van der Waals surface area contributed by atoms with E-state index in [1.54, 1.807) is 0 Å². The van der Waals surface area contributed by atoms with Crippen molar-refractivity contribution in [3.63, 3.8) is 0 Å². The lowest BCUT2D eigenvalue weighted by molar-refractivity contribution is 0.0915. The summed E-state index contributed by atoms with van der Waals surface area (Å²) in [7, 11) is 2.56. The van der Waals surface area contributed by atoms with Crippen molar-refractivity contribution in [1.82, 2.24) is 4.67 Å². The largest absolute Gasteiger partial charge is 0.390 e. The van der Waals surface area contributed by atoms with E-state index in [-0.39, 0.29) is 12.1 Å². The number of aliphatic hydroxyl groups excluding tert-OH is 1. The standard InChI is InChI=1S/C5H13N2OP/c6-4-1-2-7(9)3-5(4)8/h4-5,8H,1-3,6,9H2. The molecule has 0 aromatic rings. The van der Waals surface area contributed by atoms with Crippen LogP contribution in [0.5, 0.6) is 0 Å². The van der Waals surface area contributed by atoms with Crippen LogP contribution in [0.15, 0.2) is 0 Å². The fourth-order valence-electron chi connectivity index (χ4n) is 0.974. The predicted molar refractivity (Wildman–Crippen MR) is 39.9 cm³/mol. The second-order valence-electron chi connectivity index (χ2n) is 2.51. The third-order valence-corrected chi connectivity index (χ3v) is 2.13. The molecular weight excluding hydrogens is 135 g/mol. The van der Waals surface area contributed by atoms with Crippen molar-refractivity contribution in [3.8, 4) is 0 Å². The summed E-state index contributed by atoms with van der Waals surface area (Å²) in [5.74, 6) is 0. The summed E-state index contributed by atoms with van der Waals surface area (Å²) in [4.78, 5) is 0. The van der Waals surface area contributed by atoms with Gasteiger partial charge in [0, 0.05) is 19.1 Å². The van der Waals surface area contributed by atoms with Gasteiger partial charge in [-0.25, -0.2) is 0 Å². The molecule has 3 atom stereocenters. The molecule has 1 saturated heterocycles. The van der Waals surface area contributed by atoms with Crippen LogP contribution < -0.4 is 5.73 Å². The number of piperidine rings is 1. The average molecular weight is 148 g/mol. The Morgan fingerprint density at radius 3 is 2.78 bits per heavy atom. The highest BCUT2D eigenvalue weighted by Crippen LogP contribution is 2.11. The summed E-state index contributed by atoms with van der Waals surface area (Å²) in [5.41, 5.74) is 5.55.